The van der Waals surface area contributed by atoms with E-state index in [0.717, 1.165) is 44.9 Å². The van der Waals surface area contributed by atoms with E-state index in [-0.39, 0.29) is 28.8 Å². The summed E-state index contributed by atoms with van der Waals surface area (Å²) in [6.07, 6.45) is 6.93. The first-order chi connectivity index (χ1) is 9.98. The van der Waals surface area contributed by atoms with Crippen LogP contribution in [-0.4, -0.2) is 30.4 Å². The van der Waals surface area contributed by atoms with Gasteiger partial charge in [0.15, 0.2) is 0 Å². The van der Waals surface area contributed by atoms with Crippen molar-refractivity contribution in [2.24, 2.45) is 28.9 Å². The third-order valence-electron chi connectivity index (χ3n) is 6.76. The van der Waals surface area contributed by atoms with Gasteiger partial charge in [-0.15, -0.1) is 0 Å². The van der Waals surface area contributed by atoms with Crippen LogP contribution in [0, 0.1) is 23.2 Å². The number of likely N-dealkylation sites (N-methyl/N-ethyl adjacent to an activating group) is 1. The zero-order chi connectivity index (χ0) is 14.8. The highest BCUT2D eigenvalue weighted by Crippen LogP contribution is 2.60. The smallest absolute Gasteiger partial charge is 0.240 e. The van der Waals surface area contributed by atoms with Crippen LogP contribution in [0.4, 0.5) is 0 Å². The summed E-state index contributed by atoms with van der Waals surface area (Å²) in [5, 5.41) is 6.48. The highest BCUT2D eigenvalue weighted by Gasteiger charge is 2.59. The predicted octanol–water partition coefficient (Wildman–Crippen LogP) is 0.535. The van der Waals surface area contributed by atoms with Crippen LogP contribution in [0.5, 0.6) is 0 Å². The van der Waals surface area contributed by atoms with Gasteiger partial charge in [-0.1, -0.05) is 0 Å². The van der Waals surface area contributed by atoms with Crippen molar-refractivity contribution in [3.63, 3.8) is 0 Å². The van der Waals surface area contributed by atoms with Crippen LogP contribution in [-0.2, 0) is 9.59 Å². The molecule has 5 nitrogen and oxygen atoms in total. The summed E-state index contributed by atoms with van der Waals surface area (Å²) < 4.78 is 0. The molecule has 0 aliphatic heterocycles. The average molecular weight is 291 g/mol. The van der Waals surface area contributed by atoms with E-state index in [4.69, 9.17) is 5.73 Å². The van der Waals surface area contributed by atoms with Gasteiger partial charge in [0.05, 0.1) is 5.54 Å². The number of hydrogen-bond acceptors (Lipinski definition) is 3. The van der Waals surface area contributed by atoms with Crippen LogP contribution in [0.3, 0.4) is 0 Å². The van der Waals surface area contributed by atoms with E-state index in [2.05, 4.69) is 10.6 Å². The molecule has 0 heterocycles. The zero-order valence-corrected chi connectivity index (χ0v) is 12.7. The van der Waals surface area contributed by atoms with Crippen LogP contribution in [0.2, 0.25) is 0 Å². The number of carbonyl (C=O) groups is 2. The molecule has 4 bridgehead atoms. The van der Waals surface area contributed by atoms with Crippen molar-refractivity contribution in [1.29, 1.82) is 0 Å². The number of nitrogens with one attached hydrogen (secondary N) is 2. The predicted molar refractivity (Wildman–Crippen MR) is 78.1 cm³/mol. The van der Waals surface area contributed by atoms with Crippen molar-refractivity contribution >= 4 is 11.8 Å². The third-order valence-corrected chi connectivity index (χ3v) is 6.76. The molecule has 5 aliphatic carbocycles. The number of nitrogens with two attached hydrogens (primary N) is 1. The van der Waals surface area contributed by atoms with Crippen LogP contribution >= 0.6 is 0 Å². The van der Waals surface area contributed by atoms with Crippen molar-refractivity contribution in [1.82, 2.24) is 10.6 Å². The van der Waals surface area contributed by atoms with Crippen molar-refractivity contribution in [2.45, 2.75) is 56.5 Å². The second-order valence-corrected chi connectivity index (χ2v) is 7.95. The van der Waals surface area contributed by atoms with Crippen LogP contribution in [0.1, 0.15) is 44.9 Å². The number of carbonyl (C=O) groups excluding carboxylic acids is 2. The van der Waals surface area contributed by atoms with Gasteiger partial charge in [0.25, 0.3) is 0 Å². The Labute approximate surface area is 125 Å². The minimum absolute atomic E-state index is 0.111. The van der Waals surface area contributed by atoms with Gasteiger partial charge < -0.3 is 16.4 Å². The largest absolute Gasteiger partial charge is 0.369 e. The molecule has 2 atom stereocenters. The maximum Gasteiger partial charge on any atom is 0.240 e. The van der Waals surface area contributed by atoms with E-state index in [0.29, 0.717) is 17.8 Å². The molecule has 2 unspecified atom stereocenters. The average Bonchev–Trinajstić information content (AvgIpc) is 3.23. The molecule has 0 aromatic rings. The van der Waals surface area contributed by atoms with Crippen LogP contribution < -0.4 is 16.4 Å². The fourth-order valence-electron chi connectivity index (χ4n) is 5.57. The molecule has 5 aliphatic rings. The Morgan fingerprint density at radius 2 is 1.71 bits per heavy atom. The summed E-state index contributed by atoms with van der Waals surface area (Å²) in [5.74, 6) is 1.58. The number of rotatable bonds is 4. The molecular weight excluding hydrogens is 266 g/mol. The normalized spacial score (nSPS) is 45.4. The molecule has 21 heavy (non-hydrogen) atoms. The summed E-state index contributed by atoms with van der Waals surface area (Å²) in [5.41, 5.74) is 5.13. The maximum absolute atomic E-state index is 12.5. The summed E-state index contributed by atoms with van der Waals surface area (Å²) in [4.78, 5) is 24.4. The van der Waals surface area contributed by atoms with Gasteiger partial charge in [-0.05, 0) is 69.7 Å². The zero-order valence-electron chi connectivity index (χ0n) is 12.7. The number of hydrogen-bond donors (Lipinski definition) is 3. The molecule has 0 aromatic heterocycles. The SMILES string of the molecule is CNC1(C(=O)NC2C3CC4CC2CC(C(N)=O)(C4)C3)CC1. The quantitative estimate of drug-likeness (QED) is 0.706. The summed E-state index contributed by atoms with van der Waals surface area (Å²) in [7, 11) is 1.87. The summed E-state index contributed by atoms with van der Waals surface area (Å²) in [6.45, 7) is 0. The van der Waals surface area contributed by atoms with Crippen molar-refractivity contribution in [2.75, 3.05) is 7.05 Å². The summed E-state index contributed by atoms with van der Waals surface area (Å²) in [6, 6.07) is 0.257. The molecule has 116 valence electrons. The Bertz CT molecular complexity index is 484. The monoisotopic (exact) mass is 291 g/mol. The van der Waals surface area contributed by atoms with E-state index >= 15 is 0 Å². The molecule has 0 radical (unpaired) electrons. The van der Waals surface area contributed by atoms with Gasteiger partial charge in [0.2, 0.25) is 11.8 Å². The maximum atomic E-state index is 12.5. The standard InChI is InChI=1S/C16H25N3O2/c1-18-16(2-3-16)14(21)19-12-10-4-9-5-11(12)8-15(6-9,7-10)13(17)20/h9-12,18H,2-8H2,1H3,(H2,17,20)(H,19,21). The Morgan fingerprint density at radius 3 is 2.19 bits per heavy atom. The molecule has 5 fully saturated rings. The minimum Gasteiger partial charge on any atom is -0.369 e. The van der Waals surface area contributed by atoms with Gasteiger partial charge in [0, 0.05) is 11.5 Å². The number of primary amides is 1. The molecule has 2 amide bonds. The van der Waals surface area contributed by atoms with Gasteiger partial charge >= 0.3 is 0 Å². The van der Waals surface area contributed by atoms with Gasteiger partial charge in [-0.3, -0.25) is 9.59 Å². The van der Waals surface area contributed by atoms with Crippen molar-refractivity contribution in [3.8, 4) is 0 Å². The lowest BCUT2D eigenvalue weighted by atomic mass is 9.47. The Morgan fingerprint density at radius 1 is 1.10 bits per heavy atom. The minimum atomic E-state index is -0.309. The Balaban J connectivity index is 1.52. The van der Waals surface area contributed by atoms with Crippen LogP contribution in [0.15, 0.2) is 0 Å². The lowest BCUT2D eigenvalue weighted by molar-refractivity contribution is -0.147. The molecule has 0 spiro atoms. The second-order valence-electron chi connectivity index (χ2n) is 7.95. The molecule has 5 rings (SSSR count). The molecule has 5 heteroatoms. The topological polar surface area (TPSA) is 84.2 Å². The fourth-order valence-corrected chi connectivity index (χ4v) is 5.57. The second kappa shape index (κ2) is 4.22. The molecule has 5 saturated carbocycles. The first kappa shape index (κ1) is 13.6. The highest BCUT2D eigenvalue weighted by molar-refractivity contribution is 5.89. The van der Waals surface area contributed by atoms with Crippen molar-refractivity contribution in [3.05, 3.63) is 0 Å². The fraction of sp³-hybridized carbons (Fsp3) is 0.875. The molecule has 0 saturated heterocycles. The lowest BCUT2D eigenvalue weighted by Crippen LogP contribution is -2.63. The highest BCUT2D eigenvalue weighted by atomic mass is 16.2. The molecule has 0 aromatic carbocycles. The molecule has 4 N–H and O–H groups in total. The first-order valence-electron chi connectivity index (χ1n) is 8.28. The Hall–Kier alpha value is -1.10. The van der Waals surface area contributed by atoms with E-state index in [1.807, 2.05) is 7.05 Å². The number of amides is 2. The van der Waals surface area contributed by atoms with Gasteiger partial charge in [-0.25, -0.2) is 0 Å². The summed E-state index contributed by atoms with van der Waals surface area (Å²) >= 11 is 0. The van der Waals surface area contributed by atoms with E-state index in [1.54, 1.807) is 0 Å². The molecular formula is C16H25N3O2. The van der Waals surface area contributed by atoms with Crippen molar-refractivity contribution < 1.29 is 9.59 Å². The van der Waals surface area contributed by atoms with Gasteiger partial charge in [0.1, 0.15) is 0 Å². The Kier molecular flexibility index (Phi) is 2.72. The first-order valence-corrected chi connectivity index (χ1v) is 8.28. The van der Waals surface area contributed by atoms with E-state index < -0.39 is 0 Å². The van der Waals surface area contributed by atoms with Gasteiger partial charge in [-0.2, -0.15) is 0 Å². The third kappa shape index (κ3) is 1.86. The van der Waals surface area contributed by atoms with E-state index in [1.165, 1.54) is 0 Å². The van der Waals surface area contributed by atoms with Crippen LogP contribution in [0.25, 0.3) is 0 Å². The lowest BCUT2D eigenvalue weighted by Gasteiger charge is -2.59. The van der Waals surface area contributed by atoms with E-state index in [9.17, 15) is 9.59 Å².